The third kappa shape index (κ3) is 3.75. The number of fused-ring (bicyclic) bond motifs is 3. The van der Waals surface area contributed by atoms with Gasteiger partial charge in [-0.25, -0.2) is 4.79 Å². The van der Waals surface area contributed by atoms with E-state index in [2.05, 4.69) is 5.32 Å². The molecule has 2 N–H and O–H groups in total. The number of aryl methyl sites for hydroxylation is 4. The summed E-state index contributed by atoms with van der Waals surface area (Å²) >= 11 is 0. The Morgan fingerprint density at radius 2 is 1.71 bits per heavy atom. The number of rotatable bonds is 5. The number of amides is 1. The maximum atomic E-state index is 12.7. The Kier molecular flexibility index (Phi) is 5.41. The van der Waals surface area contributed by atoms with Gasteiger partial charge in [0.05, 0.1) is 17.4 Å². The minimum absolute atomic E-state index is 0.0736. The maximum absolute atomic E-state index is 12.7. The minimum atomic E-state index is -0.516. The average molecular weight is 419 g/mol. The lowest BCUT2D eigenvalue weighted by molar-refractivity contribution is -0.115. The molecule has 0 aliphatic rings. The summed E-state index contributed by atoms with van der Waals surface area (Å²) in [6.07, 6.45) is 0.460. The van der Waals surface area contributed by atoms with Crippen molar-refractivity contribution in [2.45, 2.75) is 40.5 Å². The zero-order valence-electron chi connectivity index (χ0n) is 18.1. The molecule has 4 rings (SSSR count). The number of carbonyl (C=O) groups excluding carboxylic acids is 1. The van der Waals surface area contributed by atoms with Crippen molar-refractivity contribution in [3.05, 3.63) is 74.3 Å². The zero-order valence-corrected chi connectivity index (χ0v) is 18.1. The number of hydrogen-bond acceptors (Lipinski definition) is 5. The van der Waals surface area contributed by atoms with Crippen LogP contribution in [0.1, 0.15) is 33.6 Å². The lowest BCUT2D eigenvalue weighted by Gasteiger charge is -2.10. The number of nitrogens with one attached hydrogen (secondary N) is 1. The summed E-state index contributed by atoms with van der Waals surface area (Å²) in [4.78, 5) is 25.3. The molecule has 0 spiro atoms. The van der Waals surface area contributed by atoms with Crippen LogP contribution in [0.4, 0.5) is 5.69 Å². The first-order valence-electron chi connectivity index (χ1n) is 10.3. The van der Waals surface area contributed by atoms with E-state index in [0.717, 1.165) is 33.2 Å². The zero-order chi connectivity index (χ0) is 22.3. The molecule has 0 radical (unpaired) electrons. The summed E-state index contributed by atoms with van der Waals surface area (Å²) < 4.78 is 11.6. The van der Waals surface area contributed by atoms with Gasteiger partial charge in [0.2, 0.25) is 5.91 Å². The third-order valence-corrected chi connectivity index (χ3v) is 5.85. The summed E-state index contributed by atoms with van der Waals surface area (Å²) in [5.74, 6) is 0.514. The molecule has 0 bridgehead atoms. The van der Waals surface area contributed by atoms with E-state index >= 15 is 0 Å². The van der Waals surface area contributed by atoms with Crippen LogP contribution in [0.15, 0.2) is 44.0 Å². The van der Waals surface area contributed by atoms with Crippen LogP contribution in [0.2, 0.25) is 0 Å². The molecule has 0 unspecified atom stereocenters. The fourth-order valence-electron chi connectivity index (χ4n) is 4.09. The Morgan fingerprint density at radius 1 is 1.00 bits per heavy atom. The van der Waals surface area contributed by atoms with Crippen LogP contribution < -0.4 is 10.9 Å². The van der Waals surface area contributed by atoms with Crippen molar-refractivity contribution in [2.24, 2.45) is 0 Å². The van der Waals surface area contributed by atoms with E-state index in [1.807, 2.05) is 45.9 Å². The van der Waals surface area contributed by atoms with Gasteiger partial charge in [-0.05, 0) is 74.6 Å². The van der Waals surface area contributed by atoms with Crippen LogP contribution in [0.5, 0.6) is 0 Å². The molecule has 2 aromatic heterocycles. The van der Waals surface area contributed by atoms with E-state index in [0.29, 0.717) is 34.4 Å². The summed E-state index contributed by atoms with van der Waals surface area (Å²) in [5, 5.41) is 13.6. The second kappa shape index (κ2) is 8.04. The molecule has 1 amide bonds. The molecule has 0 aliphatic heterocycles. The highest BCUT2D eigenvalue weighted by Crippen LogP contribution is 2.36. The third-order valence-electron chi connectivity index (χ3n) is 5.85. The van der Waals surface area contributed by atoms with Crippen molar-refractivity contribution in [3.63, 3.8) is 0 Å². The van der Waals surface area contributed by atoms with Crippen molar-refractivity contribution < 1.29 is 18.7 Å². The van der Waals surface area contributed by atoms with Crippen LogP contribution in [-0.2, 0) is 17.6 Å². The number of benzene rings is 2. The van der Waals surface area contributed by atoms with Crippen LogP contribution in [-0.4, -0.2) is 17.6 Å². The maximum Gasteiger partial charge on any atom is 0.340 e. The highest BCUT2D eigenvalue weighted by Gasteiger charge is 2.21. The molecule has 31 heavy (non-hydrogen) atoms. The number of hydrogen-bond donors (Lipinski definition) is 2. The number of aliphatic hydroxyl groups is 1. The number of carbonyl (C=O) groups is 1. The van der Waals surface area contributed by atoms with E-state index in [-0.39, 0.29) is 18.9 Å². The molecule has 0 atom stereocenters. The van der Waals surface area contributed by atoms with Crippen LogP contribution >= 0.6 is 0 Å². The van der Waals surface area contributed by atoms with Gasteiger partial charge in [0.15, 0.2) is 0 Å². The van der Waals surface area contributed by atoms with Crippen molar-refractivity contribution in [2.75, 3.05) is 11.9 Å². The van der Waals surface area contributed by atoms with E-state index < -0.39 is 5.63 Å². The molecule has 160 valence electrons. The Bertz CT molecular complexity index is 1360. The molecule has 4 aromatic rings. The Labute approximate surface area is 179 Å². The molecule has 2 heterocycles. The summed E-state index contributed by atoms with van der Waals surface area (Å²) in [6.45, 7) is 7.79. The van der Waals surface area contributed by atoms with Gasteiger partial charge in [-0.3, -0.25) is 4.79 Å². The van der Waals surface area contributed by atoms with Gasteiger partial charge in [0.25, 0.3) is 0 Å². The highest BCUT2D eigenvalue weighted by molar-refractivity contribution is 6.07. The van der Waals surface area contributed by atoms with Gasteiger partial charge in [0.1, 0.15) is 16.9 Å². The van der Waals surface area contributed by atoms with Crippen molar-refractivity contribution in [1.29, 1.82) is 0 Å². The van der Waals surface area contributed by atoms with Gasteiger partial charge < -0.3 is 19.3 Å². The van der Waals surface area contributed by atoms with Gasteiger partial charge in [-0.2, -0.15) is 0 Å². The summed E-state index contributed by atoms with van der Waals surface area (Å²) in [7, 11) is 0. The first-order valence-corrected chi connectivity index (χ1v) is 10.3. The van der Waals surface area contributed by atoms with Crippen molar-refractivity contribution in [1.82, 2.24) is 0 Å². The van der Waals surface area contributed by atoms with Gasteiger partial charge in [-0.1, -0.05) is 12.1 Å². The normalized spacial score (nSPS) is 11.4. The monoisotopic (exact) mass is 419 g/mol. The Hall–Kier alpha value is -3.38. The van der Waals surface area contributed by atoms with E-state index in [1.165, 1.54) is 0 Å². The quantitative estimate of drug-likeness (QED) is 0.465. The Balaban J connectivity index is 1.71. The lowest BCUT2D eigenvalue weighted by Crippen LogP contribution is -2.20. The first-order chi connectivity index (χ1) is 14.8. The molecular weight excluding hydrogens is 394 g/mol. The predicted octanol–water partition coefficient (Wildman–Crippen LogP) is 4.49. The highest BCUT2D eigenvalue weighted by atomic mass is 16.4. The fourth-order valence-corrected chi connectivity index (χ4v) is 4.09. The second-order valence-corrected chi connectivity index (χ2v) is 7.94. The fraction of sp³-hybridized carbons (Fsp3) is 0.280. The first kappa shape index (κ1) is 20.9. The SMILES string of the molecule is Cc1oc2c(c(C)cc3oc(=O)c(CC(=O)Nc4ccc(CCO)cc4)c(C)c32)c1C. The number of anilines is 1. The van der Waals surface area contributed by atoms with Crippen LogP contribution in [0.3, 0.4) is 0 Å². The standard InChI is InChI=1S/C25H25NO5/c1-13-11-20-23(24-22(13)14(2)16(4)30-24)15(3)19(25(29)31-20)12-21(28)26-18-7-5-17(6-8-18)9-10-27/h5-8,11,27H,9-10,12H2,1-4H3,(H,26,28). The second-order valence-electron chi connectivity index (χ2n) is 7.94. The molecular formula is C25H25NO5. The summed E-state index contributed by atoms with van der Waals surface area (Å²) in [6, 6.07) is 9.11. The van der Waals surface area contributed by atoms with Crippen molar-refractivity contribution in [3.8, 4) is 0 Å². The molecule has 0 aliphatic carbocycles. The van der Waals surface area contributed by atoms with Crippen LogP contribution in [0.25, 0.3) is 21.9 Å². The predicted molar refractivity (Wildman–Crippen MR) is 121 cm³/mol. The van der Waals surface area contributed by atoms with E-state index in [9.17, 15) is 9.59 Å². The number of furan rings is 1. The molecule has 2 aromatic carbocycles. The van der Waals surface area contributed by atoms with Crippen LogP contribution in [0, 0.1) is 27.7 Å². The van der Waals surface area contributed by atoms with Gasteiger partial charge in [-0.15, -0.1) is 0 Å². The van der Waals surface area contributed by atoms with E-state index in [1.54, 1.807) is 12.1 Å². The van der Waals surface area contributed by atoms with Crippen molar-refractivity contribution >= 4 is 33.5 Å². The van der Waals surface area contributed by atoms with E-state index in [4.69, 9.17) is 13.9 Å². The minimum Gasteiger partial charge on any atom is -0.460 e. The largest absolute Gasteiger partial charge is 0.460 e. The van der Waals surface area contributed by atoms with Gasteiger partial charge >= 0.3 is 5.63 Å². The molecule has 6 nitrogen and oxygen atoms in total. The smallest absolute Gasteiger partial charge is 0.340 e. The topological polar surface area (TPSA) is 92.7 Å². The molecule has 0 fully saturated rings. The number of aliphatic hydroxyl groups excluding tert-OH is 1. The molecule has 6 heteroatoms. The summed E-state index contributed by atoms with van der Waals surface area (Å²) in [5.41, 5.74) is 5.30. The molecule has 0 saturated heterocycles. The molecule has 0 saturated carbocycles. The Morgan fingerprint density at radius 3 is 2.39 bits per heavy atom. The average Bonchev–Trinajstić information content (AvgIpc) is 3.01. The van der Waals surface area contributed by atoms with Gasteiger partial charge in [0, 0.05) is 17.7 Å². The lowest BCUT2D eigenvalue weighted by atomic mass is 9.98.